The van der Waals surface area contributed by atoms with E-state index in [4.69, 9.17) is 0 Å². The molecule has 2 heterocycles. The number of piperazine rings is 1. The van der Waals surface area contributed by atoms with Crippen molar-refractivity contribution in [2.45, 2.75) is 6.92 Å². The fourth-order valence-electron chi connectivity index (χ4n) is 2.12. The van der Waals surface area contributed by atoms with Crippen LogP contribution in [0, 0.1) is 6.92 Å². The van der Waals surface area contributed by atoms with E-state index < -0.39 is 5.97 Å². The molecule has 7 nitrogen and oxygen atoms in total. The molecule has 20 heavy (non-hydrogen) atoms. The Hall–Kier alpha value is -1.73. The molecule has 0 saturated carbocycles. The van der Waals surface area contributed by atoms with Crippen LogP contribution in [0.25, 0.3) is 0 Å². The molecule has 110 valence electrons. The van der Waals surface area contributed by atoms with Crippen LogP contribution in [0.3, 0.4) is 0 Å². The lowest BCUT2D eigenvalue weighted by Crippen LogP contribution is -2.45. The molecule has 1 aromatic heterocycles. The van der Waals surface area contributed by atoms with E-state index in [-0.39, 0.29) is 5.82 Å². The molecule has 1 aromatic rings. The van der Waals surface area contributed by atoms with Gasteiger partial charge >= 0.3 is 5.97 Å². The zero-order valence-corrected chi connectivity index (χ0v) is 12.0. The third-order valence-electron chi connectivity index (χ3n) is 3.17. The Bertz CT molecular complexity index is 460. The number of carbonyl (C=O) groups is 1. The standard InChI is InChI=1S/C13H21N5O2/c1-10-9-11(17-12(16-10)13(19)20-2)15-5-8-18-6-3-14-4-7-18/h9,14H,3-8H2,1-2H3,(H,15,16,17). The Balaban J connectivity index is 1.88. The minimum absolute atomic E-state index is 0.0946. The molecule has 0 bridgehead atoms. The van der Waals surface area contributed by atoms with Crippen LogP contribution < -0.4 is 10.6 Å². The van der Waals surface area contributed by atoms with E-state index in [0.29, 0.717) is 5.82 Å². The molecular weight excluding hydrogens is 258 g/mol. The summed E-state index contributed by atoms with van der Waals surface area (Å²) in [6.07, 6.45) is 0. The van der Waals surface area contributed by atoms with Crippen LogP contribution in [-0.2, 0) is 4.74 Å². The number of anilines is 1. The SMILES string of the molecule is COC(=O)c1nc(C)cc(NCCN2CCNCC2)n1. The van der Waals surface area contributed by atoms with Crippen molar-refractivity contribution in [1.29, 1.82) is 0 Å². The van der Waals surface area contributed by atoms with Crippen molar-refractivity contribution in [3.8, 4) is 0 Å². The first-order chi connectivity index (χ1) is 9.69. The summed E-state index contributed by atoms with van der Waals surface area (Å²) in [5.41, 5.74) is 0.741. The van der Waals surface area contributed by atoms with Crippen LogP contribution in [0.15, 0.2) is 6.07 Å². The average Bonchev–Trinajstić information content (AvgIpc) is 2.47. The molecule has 0 radical (unpaired) electrons. The predicted octanol–water partition coefficient (Wildman–Crippen LogP) is -0.111. The van der Waals surface area contributed by atoms with Gasteiger partial charge in [-0.3, -0.25) is 4.90 Å². The number of hydrogen-bond donors (Lipinski definition) is 2. The molecule has 0 spiro atoms. The smallest absolute Gasteiger partial charge is 0.376 e. The Morgan fingerprint density at radius 1 is 1.45 bits per heavy atom. The van der Waals surface area contributed by atoms with E-state index in [9.17, 15) is 4.79 Å². The second-order valence-electron chi connectivity index (χ2n) is 4.73. The zero-order chi connectivity index (χ0) is 14.4. The molecule has 7 heteroatoms. The van der Waals surface area contributed by atoms with Crippen LogP contribution >= 0.6 is 0 Å². The molecule has 0 aliphatic carbocycles. The van der Waals surface area contributed by atoms with Crippen molar-refractivity contribution in [2.75, 3.05) is 51.7 Å². The highest BCUT2D eigenvalue weighted by Gasteiger charge is 2.12. The normalized spacial score (nSPS) is 15.9. The van der Waals surface area contributed by atoms with E-state index in [1.807, 2.05) is 13.0 Å². The number of aromatic nitrogens is 2. The number of carbonyl (C=O) groups excluding carboxylic acids is 1. The quantitative estimate of drug-likeness (QED) is 0.728. The van der Waals surface area contributed by atoms with Crippen molar-refractivity contribution < 1.29 is 9.53 Å². The average molecular weight is 279 g/mol. The molecule has 0 amide bonds. The number of nitrogens with zero attached hydrogens (tertiary/aromatic N) is 3. The summed E-state index contributed by atoms with van der Waals surface area (Å²) in [4.78, 5) is 22.1. The second kappa shape index (κ2) is 7.16. The number of methoxy groups -OCH3 is 1. The molecule has 2 rings (SSSR count). The highest BCUT2D eigenvalue weighted by atomic mass is 16.5. The zero-order valence-electron chi connectivity index (χ0n) is 12.0. The number of nitrogens with one attached hydrogen (secondary N) is 2. The number of ether oxygens (including phenoxy) is 1. The van der Waals surface area contributed by atoms with Gasteiger partial charge in [0.2, 0.25) is 5.82 Å². The summed E-state index contributed by atoms with van der Waals surface area (Å²) in [6, 6.07) is 1.82. The number of hydrogen-bond acceptors (Lipinski definition) is 7. The first-order valence-corrected chi connectivity index (χ1v) is 6.80. The molecular formula is C13H21N5O2. The Morgan fingerprint density at radius 3 is 2.90 bits per heavy atom. The maximum Gasteiger partial charge on any atom is 0.376 e. The van der Waals surface area contributed by atoms with Gasteiger partial charge in [-0.2, -0.15) is 0 Å². The van der Waals surface area contributed by atoms with Gasteiger partial charge in [0.1, 0.15) is 5.82 Å². The van der Waals surface area contributed by atoms with Gasteiger partial charge in [-0.1, -0.05) is 0 Å². The van der Waals surface area contributed by atoms with Crippen LogP contribution in [0.2, 0.25) is 0 Å². The van der Waals surface area contributed by atoms with E-state index in [1.54, 1.807) is 0 Å². The fraction of sp³-hybridized carbons (Fsp3) is 0.615. The number of esters is 1. The van der Waals surface area contributed by atoms with Crippen molar-refractivity contribution >= 4 is 11.8 Å². The summed E-state index contributed by atoms with van der Waals surface area (Å²) in [5.74, 6) is 0.240. The molecule has 1 saturated heterocycles. The maximum atomic E-state index is 11.4. The molecule has 1 aliphatic rings. The summed E-state index contributed by atoms with van der Waals surface area (Å²) < 4.78 is 4.64. The summed E-state index contributed by atoms with van der Waals surface area (Å²) >= 11 is 0. The molecule has 0 atom stereocenters. The first-order valence-electron chi connectivity index (χ1n) is 6.80. The topological polar surface area (TPSA) is 79.4 Å². The van der Waals surface area contributed by atoms with Gasteiger partial charge in [0.05, 0.1) is 7.11 Å². The maximum absolute atomic E-state index is 11.4. The van der Waals surface area contributed by atoms with Gasteiger partial charge in [0, 0.05) is 51.0 Å². The lowest BCUT2D eigenvalue weighted by molar-refractivity contribution is 0.0586. The van der Waals surface area contributed by atoms with Crippen LogP contribution in [0.1, 0.15) is 16.3 Å². The molecule has 1 fully saturated rings. The Morgan fingerprint density at radius 2 is 2.20 bits per heavy atom. The van der Waals surface area contributed by atoms with Crippen molar-refractivity contribution in [3.05, 3.63) is 17.6 Å². The largest absolute Gasteiger partial charge is 0.463 e. The van der Waals surface area contributed by atoms with Crippen LogP contribution in [0.5, 0.6) is 0 Å². The lowest BCUT2D eigenvalue weighted by atomic mass is 10.3. The van der Waals surface area contributed by atoms with Gasteiger partial charge in [0.15, 0.2) is 0 Å². The third-order valence-corrected chi connectivity index (χ3v) is 3.17. The minimum Gasteiger partial charge on any atom is -0.463 e. The Kier molecular flexibility index (Phi) is 5.25. The van der Waals surface area contributed by atoms with Crippen molar-refractivity contribution in [2.24, 2.45) is 0 Å². The number of rotatable bonds is 5. The molecule has 2 N–H and O–H groups in total. The van der Waals surface area contributed by atoms with Gasteiger partial charge in [0.25, 0.3) is 0 Å². The fourth-order valence-corrected chi connectivity index (χ4v) is 2.12. The van der Waals surface area contributed by atoms with Gasteiger partial charge in [-0.25, -0.2) is 14.8 Å². The highest BCUT2D eigenvalue weighted by Crippen LogP contribution is 2.07. The monoisotopic (exact) mass is 279 g/mol. The highest BCUT2D eigenvalue weighted by molar-refractivity contribution is 5.85. The predicted molar refractivity (Wildman–Crippen MR) is 75.9 cm³/mol. The molecule has 0 unspecified atom stereocenters. The van der Waals surface area contributed by atoms with Crippen molar-refractivity contribution in [1.82, 2.24) is 20.2 Å². The molecule has 0 aromatic carbocycles. The lowest BCUT2D eigenvalue weighted by Gasteiger charge is -2.27. The second-order valence-corrected chi connectivity index (χ2v) is 4.73. The van der Waals surface area contributed by atoms with Gasteiger partial charge in [-0.05, 0) is 6.92 Å². The van der Waals surface area contributed by atoms with Crippen molar-refractivity contribution in [3.63, 3.8) is 0 Å². The summed E-state index contributed by atoms with van der Waals surface area (Å²) in [5, 5.41) is 6.55. The first kappa shape index (κ1) is 14.7. The molecule has 1 aliphatic heterocycles. The van der Waals surface area contributed by atoms with Crippen LogP contribution in [-0.4, -0.2) is 67.2 Å². The number of aryl methyl sites for hydroxylation is 1. The van der Waals surface area contributed by atoms with E-state index in [1.165, 1.54) is 7.11 Å². The van der Waals surface area contributed by atoms with Crippen LogP contribution in [0.4, 0.5) is 5.82 Å². The summed E-state index contributed by atoms with van der Waals surface area (Å²) in [6.45, 7) is 7.79. The third kappa shape index (κ3) is 4.14. The Labute approximate surface area is 118 Å². The van der Waals surface area contributed by atoms with E-state index >= 15 is 0 Å². The van der Waals surface area contributed by atoms with E-state index in [0.717, 1.165) is 45.0 Å². The van der Waals surface area contributed by atoms with Gasteiger partial charge in [-0.15, -0.1) is 0 Å². The minimum atomic E-state index is -0.515. The summed E-state index contributed by atoms with van der Waals surface area (Å²) in [7, 11) is 1.32. The van der Waals surface area contributed by atoms with E-state index in [2.05, 4.69) is 30.2 Å². The van der Waals surface area contributed by atoms with Gasteiger partial charge < -0.3 is 15.4 Å².